The van der Waals surface area contributed by atoms with Crippen LogP contribution in [0.5, 0.6) is 0 Å². The number of hydrogen-bond donors (Lipinski definition) is 3. The van der Waals surface area contributed by atoms with Crippen molar-refractivity contribution in [2.75, 3.05) is 6.54 Å². The number of amides is 2. The first-order chi connectivity index (χ1) is 6.91. The second-order valence-corrected chi connectivity index (χ2v) is 4.67. The number of nitrogens with one attached hydrogen (secondary N) is 2. The van der Waals surface area contributed by atoms with Crippen LogP contribution in [0.4, 0.5) is 0 Å². The molecule has 1 unspecified atom stereocenters. The van der Waals surface area contributed by atoms with E-state index in [9.17, 15) is 9.59 Å². The zero-order valence-electron chi connectivity index (χ0n) is 9.30. The van der Waals surface area contributed by atoms with Crippen LogP contribution in [0.2, 0.25) is 0 Å². The normalized spacial score (nSPS) is 21.3. The maximum absolute atomic E-state index is 11.7. The van der Waals surface area contributed by atoms with Crippen LogP contribution in [-0.2, 0) is 9.59 Å². The van der Waals surface area contributed by atoms with Crippen molar-refractivity contribution in [2.45, 2.75) is 44.7 Å². The fourth-order valence-corrected chi connectivity index (χ4v) is 1.81. The van der Waals surface area contributed by atoms with Crippen molar-refractivity contribution in [3.05, 3.63) is 0 Å². The lowest BCUT2D eigenvalue weighted by atomic mass is 9.99. The second kappa shape index (κ2) is 4.61. The zero-order chi connectivity index (χ0) is 11.5. The molecule has 0 aromatic heterocycles. The molecule has 0 bridgehead atoms. The Bertz CT molecular complexity index is 257. The first-order valence-electron chi connectivity index (χ1n) is 5.24. The van der Waals surface area contributed by atoms with E-state index in [2.05, 4.69) is 10.6 Å². The van der Waals surface area contributed by atoms with Crippen LogP contribution >= 0.6 is 0 Å². The van der Waals surface area contributed by atoms with Crippen LogP contribution in [0, 0.1) is 0 Å². The molecular weight excluding hydrogens is 194 g/mol. The zero-order valence-corrected chi connectivity index (χ0v) is 9.30. The van der Waals surface area contributed by atoms with Gasteiger partial charge in [0.2, 0.25) is 11.8 Å². The van der Waals surface area contributed by atoms with Gasteiger partial charge >= 0.3 is 0 Å². The molecule has 1 heterocycles. The summed E-state index contributed by atoms with van der Waals surface area (Å²) in [6, 6.07) is -0.114. The lowest BCUT2D eigenvalue weighted by molar-refractivity contribution is -0.125. The molecule has 1 aliphatic rings. The fraction of sp³-hybridized carbons (Fsp3) is 0.800. The van der Waals surface area contributed by atoms with Crippen molar-refractivity contribution in [2.24, 2.45) is 5.73 Å². The number of hydrogen-bond acceptors (Lipinski definition) is 3. The van der Waals surface area contributed by atoms with Crippen molar-refractivity contribution >= 4 is 11.8 Å². The van der Waals surface area contributed by atoms with Crippen molar-refractivity contribution < 1.29 is 9.59 Å². The van der Waals surface area contributed by atoms with Crippen LogP contribution in [0.15, 0.2) is 0 Å². The first-order valence-corrected chi connectivity index (χ1v) is 5.24. The summed E-state index contributed by atoms with van der Waals surface area (Å²) in [6.07, 6.45) is 2.04. The molecule has 5 heteroatoms. The minimum atomic E-state index is -0.562. The van der Waals surface area contributed by atoms with Gasteiger partial charge in [0.05, 0.1) is 6.04 Å². The van der Waals surface area contributed by atoms with E-state index in [0.29, 0.717) is 0 Å². The summed E-state index contributed by atoms with van der Waals surface area (Å²) in [6.45, 7) is 4.48. The van der Waals surface area contributed by atoms with Gasteiger partial charge in [0, 0.05) is 12.0 Å². The summed E-state index contributed by atoms with van der Waals surface area (Å²) >= 11 is 0. The maximum Gasteiger partial charge on any atom is 0.237 e. The maximum atomic E-state index is 11.7. The molecule has 15 heavy (non-hydrogen) atoms. The molecule has 1 rings (SSSR count). The molecule has 1 saturated heterocycles. The van der Waals surface area contributed by atoms with Gasteiger partial charge in [0.15, 0.2) is 0 Å². The Morgan fingerprint density at radius 3 is 2.67 bits per heavy atom. The first kappa shape index (κ1) is 12.0. The summed E-state index contributed by atoms with van der Waals surface area (Å²) < 4.78 is 0. The van der Waals surface area contributed by atoms with Gasteiger partial charge in [-0.25, -0.2) is 0 Å². The smallest absolute Gasteiger partial charge is 0.237 e. The Kier molecular flexibility index (Phi) is 3.68. The van der Waals surface area contributed by atoms with Gasteiger partial charge < -0.3 is 16.4 Å². The lowest BCUT2D eigenvalue weighted by Crippen LogP contribution is -2.51. The third kappa shape index (κ3) is 3.87. The van der Waals surface area contributed by atoms with Gasteiger partial charge in [-0.3, -0.25) is 9.59 Å². The number of carbonyl (C=O) groups excluding carboxylic acids is 2. The van der Waals surface area contributed by atoms with Crippen molar-refractivity contribution in [1.29, 1.82) is 0 Å². The Labute approximate surface area is 89.8 Å². The predicted molar refractivity (Wildman–Crippen MR) is 57.1 cm³/mol. The predicted octanol–water partition coefficient (Wildman–Crippen LogP) is -0.491. The highest BCUT2D eigenvalue weighted by atomic mass is 16.2. The Balaban J connectivity index is 2.44. The van der Waals surface area contributed by atoms with Crippen LogP contribution in [0.25, 0.3) is 0 Å². The molecule has 86 valence electrons. The summed E-state index contributed by atoms with van der Waals surface area (Å²) in [5.41, 5.74) is 4.54. The second-order valence-electron chi connectivity index (χ2n) is 4.67. The summed E-state index contributed by atoms with van der Waals surface area (Å²) in [5.74, 6) is -0.446. The van der Waals surface area contributed by atoms with E-state index in [-0.39, 0.29) is 18.4 Å². The molecule has 5 nitrogen and oxygen atoms in total. The highest BCUT2D eigenvalue weighted by Gasteiger charge is 2.28. The van der Waals surface area contributed by atoms with E-state index in [0.717, 1.165) is 19.4 Å². The molecule has 0 spiro atoms. The highest BCUT2D eigenvalue weighted by Crippen LogP contribution is 2.11. The van der Waals surface area contributed by atoms with Crippen LogP contribution in [-0.4, -0.2) is 29.9 Å². The average molecular weight is 213 g/mol. The van der Waals surface area contributed by atoms with Gasteiger partial charge in [-0.05, 0) is 33.2 Å². The molecule has 1 atom stereocenters. The number of nitrogens with two attached hydrogens (primary N) is 1. The summed E-state index contributed by atoms with van der Waals surface area (Å²) in [5, 5.41) is 5.93. The van der Waals surface area contributed by atoms with E-state index in [1.807, 2.05) is 0 Å². The van der Waals surface area contributed by atoms with Crippen LogP contribution in [0.3, 0.4) is 0 Å². The molecule has 2 amide bonds. The lowest BCUT2D eigenvalue weighted by Gasteiger charge is -2.26. The molecule has 1 fully saturated rings. The highest BCUT2D eigenvalue weighted by molar-refractivity contribution is 5.84. The van der Waals surface area contributed by atoms with Crippen molar-refractivity contribution in [1.82, 2.24) is 10.6 Å². The Morgan fingerprint density at radius 2 is 2.20 bits per heavy atom. The van der Waals surface area contributed by atoms with E-state index >= 15 is 0 Å². The third-order valence-corrected chi connectivity index (χ3v) is 2.45. The summed E-state index contributed by atoms with van der Waals surface area (Å²) in [4.78, 5) is 22.5. The van der Waals surface area contributed by atoms with Gasteiger partial charge in [0.1, 0.15) is 0 Å². The molecular formula is C10H19N3O2. The topological polar surface area (TPSA) is 84.2 Å². The number of carbonyl (C=O) groups is 2. The van der Waals surface area contributed by atoms with E-state index in [1.54, 1.807) is 13.8 Å². The third-order valence-electron chi connectivity index (χ3n) is 2.45. The molecule has 0 aliphatic carbocycles. The molecule has 0 aromatic carbocycles. The van der Waals surface area contributed by atoms with Crippen molar-refractivity contribution in [3.63, 3.8) is 0 Å². The molecule has 0 aromatic rings. The minimum Gasteiger partial charge on any atom is -0.370 e. The Morgan fingerprint density at radius 1 is 1.53 bits per heavy atom. The monoisotopic (exact) mass is 213 g/mol. The number of rotatable bonds is 4. The van der Waals surface area contributed by atoms with Crippen molar-refractivity contribution in [3.8, 4) is 0 Å². The standard InChI is InChI=1S/C10H19N3O2/c1-10(2,6-8(11)14)13-9(15)7-4-3-5-12-7/h7,12H,3-6H2,1-2H3,(H2,11,14)(H,13,15). The van der Waals surface area contributed by atoms with Gasteiger partial charge in [-0.2, -0.15) is 0 Å². The Hall–Kier alpha value is -1.10. The van der Waals surface area contributed by atoms with Gasteiger partial charge in [-0.15, -0.1) is 0 Å². The van der Waals surface area contributed by atoms with Gasteiger partial charge in [-0.1, -0.05) is 0 Å². The minimum absolute atomic E-state index is 0.0428. The molecule has 1 aliphatic heterocycles. The van der Waals surface area contributed by atoms with E-state index in [4.69, 9.17) is 5.73 Å². The summed E-state index contributed by atoms with van der Waals surface area (Å²) in [7, 11) is 0. The average Bonchev–Trinajstić information content (AvgIpc) is 2.50. The molecule has 0 radical (unpaired) electrons. The fourth-order valence-electron chi connectivity index (χ4n) is 1.81. The van der Waals surface area contributed by atoms with Crippen LogP contribution in [0.1, 0.15) is 33.1 Å². The van der Waals surface area contributed by atoms with E-state index in [1.165, 1.54) is 0 Å². The van der Waals surface area contributed by atoms with E-state index < -0.39 is 11.4 Å². The molecule has 0 saturated carbocycles. The van der Waals surface area contributed by atoms with Gasteiger partial charge in [0.25, 0.3) is 0 Å². The van der Waals surface area contributed by atoms with Crippen LogP contribution < -0.4 is 16.4 Å². The molecule has 4 N–H and O–H groups in total. The largest absolute Gasteiger partial charge is 0.370 e. The SMILES string of the molecule is CC(C)(CC(N)=O)NC(=O)C1CCCN1. The number of primary amides is 1. The quantitative estimate of drug-likeness (QED) is 0.589.